The van der Waals surface area contributed by atoms with Gasteiger partial charge in [0.1, 0.15) is 23.6 Å². The van der Waals surface area contributed by atoms with Crippen molar-refractivity contribution >= 4 is 0 Å². The van der Waals surface area contributed by atoms with E-state index in [9.17, 15) is 0 Å². The molecule has 0 saturated heterocycles. The normalized spacial score (nSPS) is 10.5. The van der Waals surface area contributed by atoms with E-state index in [-0.39, 0.29) is 6.42 Å². The molecule has 0 radical (unpaired) electrons. The lowest BCUT2D eigenvalue weighted by atomic mass is 10.2. The van der Waals surface area contributed by atoms with Crippen molar-refractivity contribution in [3.63, 3.8) is 0 Å². The number of furan rings is 1. The predicted octanol–water partition coefficient (Wildman–Crippen LogP) is 2.09. The number of hydrogen-bond acceptors (Lipinski definition) is 7. The molecule has 3 aromatic heterocycles. The van der Waals surface area contributed by atoms with Gasteiger partial charge < -0.3 is 13.5 Å². The first kappa shape index (κ1) is 11.2. The third kappa shape index (κ3) is 1.99. The van der Waals surface area contributed by atoms with Crippen LogP contribution in [-0.2, 0) is 6.42 Å². The van der Waals surface area contributed by atoms with Crippen molar-refractivity contribution in [1.29, 1.82) is 5.26 Å². The van der Waals surface area contributed by atoms with Crippen molar-refractivity contribution < 1.29 is 13.5 Å². The Hall–Kier alpha value is -2.88. The fraction of sp³-hybridized carbons (Fsp3) is 0.167. The highest BCUT2D eigenvalue weighted by molar-refractivity contribution is 5.51. The molecule has 0 aromatic carbocycles. The number of hydrogen-bond donors (Lipinski definition) is 0. The van der Waals surface area contributed by atoms with Crippen molar-refractivity contribution in [3.8, 4) is 17.5 Å². The fourth-order valence-electron chi connectivity index (χ4n) is 1.66. The van der Waals surface area contributed by atoms with Crippen molar-refractivity contribution in [2.24, 2.45) is 0 Å². The van der Waals surface area contributed by atoms with Crippen LogP contribution in [0.3, 0.4) is 0 Å². The van der Waals surface area contributed by atoms with Crippen LogP contribution < -0.4 is 0 Å². The minimum Gasteiger partial charge on any atom is -0.472 e. The Morgan fingerprint density at radius 1 is 1.32 bits per heavy atom. The van der Waals surface area contributed by atoms with Gasteiger partial charge in [0.25, 0.3) is 0 Å². The van der Waals surface area contributed by atoms with E-state index in [0.717, 1.165) is 5.56 Å². The highest BCUT2D eigenvalue weighted by atomic mass is 16.5. The highest BCUT2D eigenvalue weighted by Gasteiger charge is 2.17. The lowest BCUT2D eigenvalue weighted by molar-refractivity contribution is 0.371. The van der Waals surface area contributed by atoms with E-state index in [1.165, 1.54) is 12.5 Å². The maximum absolute atomic E-state index is 8.99. The number of aromatic nitrogens is 3. The van der Waals surface area contributed by atoms with Crippen LogP contribution in [0.25, 0.3) is 11.4 Å². The van der Waals surface area contributed by atoms with Crippen LogP contribution in [0, 0.1) is 18.3 Å². The van der Waals surface area contributed by atoms with E-state index >= 15 is 0 Å². The molecular formula is C12H8N4O3. The molecule has 0 N–H and O–H groups in total. The summed E-state index contributed by atoms with van der Waals surface area (Å²) in [6.07, 6.45) is 3.31. The summed E-state index contributed by atoms with van der Waals surface area (Å²) >= 11 is 0. The Balaban J connectivity index is 1.87. The third-order valence-corrected chi connectivity index (χ3v) is 2.61. The summed E-state index contributed by atoms with van der Waals surface area (Å²) in [5.74, 6) is 1.27. The third-order valence-electron chi connectivity index (χ3n) is 2.61. The minimum atomic E-state index is 0.255. The van der Waals surface area contributed by atoms with E-state index in [1.54, 1.807) is 13.0 Å². The number of aryl methyl sites for hydroxylation is 1. The van der Waals surface area contributed by atoms with E-state index in [4.69, 9.17) is 18.7 Å². The smallest absolute Gasteiger partial charge is 0.233 e. The summed E-state index contributed by atoms with van der Waals surface area (Å²) in [6.45, 7) is 1.68. The van der Waals surface area contributed by atoms with Crippen molar-refractivity contribution in [2.45, 2.75) is 13.3 Å². The van der Waals surface area contributed by atoms with Gasteiger partial charge in [0.15, 0.2) is 5.76 Å². The molecule has 0 fully saturated rings. The molecule has 0 amide bonds. The zero-order valence-corrected chi connectivity index (χ0v) is 9.95. The van der Waals surface area contributed by atoms with Crippen LogP contribution in [0.4, 0.5) is 0 Å². The molecule has 0 unspecified atom stereocenters. The summed E-state index contributed by atoms with van der Waals surface area (Å²) in [5, 5.41) is 16.6. The Morgan fingerprint density at radius 2 is 2.21 bits per heavy atom. The Labute approximate surface area is 107 Å². The van der Waals surface area contributed by atoms with Crippen LogP contribution in [0.15, 0.2) is 32.1 Å². The highest BCUT2D eigenvalue weighted by Crippen LogP contribution is 2.19. The molecule has 0 aliphatic heterocycles. The van der Waals surface area contributed by atoms with E-state index in [0.29, 0.717) is 28.7 Å². The number of nitriles is 1. The van der Waals surface area contributed by atoms with Crippen molar-refractivity contribution in [3.05, 3.63) is 41.5 Å². The molecule has 3 aromatic rings. The van der Waals surface area contributed by atoms with Crippen LogP contribution in [-0.4, -0.2) is 15.3 Å². The number of nitrogens with zero attached hydrogens (tertiary/aromatic N) is 4. The predicted molar refractivity (Wildman–Crippen MR) is 60.8 cm³/mol. The van der Waals surface area contributed by atoms with Crippen LogP contribution in [0.2, 0.25) is 0 Å². The molecule has 19 heavy (non-hydrogen) atoms. The van der Waals surface area contributed by atoms with Gasteiger partial charge in [-0.05, 0) is 13.0 Å². The minimum absolute atomic E-state index is 0.255. The molecule has 7 heteroatoms. The fourth-order valence-corrected chi connectivity index (χ4v) is 1.66. The maximum atomic E-state index is 8.99. The van der Waals surface area contributed by atoms with Crippen LogP contribution in [0.1, 0.15) is 22.9 Å². The van der Waals surface area contributed by atoms with Crippen LogP contribution in [0.5, 0.6) is 0 Å². The quantitative estimate of drug-likeness (QED) is 0.706. The van der Waals surface area contributed by atoms with Gasteiger partial charge >= 0.3 is 0 Å². The van der Waals surface area contributed by atoms with E-state index in [1.807, 2.05) is 6.07 Å². The monoisotopic (exact) mass is 256 g/mol. The van der Waals surface area contributed by atoms with Gasteiger partial charge in [-0.3, -0.25) is 0 Å². The van der Waals surface area contributed by atoms with Gasteiger partial charge in [0.05, 0.1) is 18.2 Å². The second-order valence-electron chi connectivity index (χ2n) is 3.87. The number of rotatable bonds is 3. The molecule has 0 atom stereocenters. The van der Waals surface area contributed by atoms with Gasteiger partial charge in [-0.25, -0.2) is 0 Å². The first-order chi connectivity index (χ1) is 9.28. The molecule has 7 nitrogen and oxygen atoms in total. The largest absolute Gasteiger partial charge is 0.472 e. The average Bonchev–Trinajstić information content (AvgIpc) is 3.11. The van der Waals surface area contributed by atoms with Crippen LogP contribution >= 0.6 is 0 Å². The zero-order chi connectivity index (χ0) is 13.2. The molecule has 0 saturated carbocycles. The molecule has 0 aliphatic rings. The second kappa shape index (κ2) is 4.42. The Morgan fingerprint density at radius 3 is 2.95 bits per heavy atom. The van der Waals surface area contributed by atoms with Crippen molar-refractivity contribution in [2.75, 3.05) is 0 Å². The first-order valence-corrected chi connectivity index (χ1v) is 5.48. The molecule has 0 spiro atoms. The summed E-state index contributed by atoms with van der Waals surface area (Å²) in [5.41, 5.74) is 1.62. The Kier molecular flexibility index (Phi) is 2.61. The molecule has 94 valence electrons. The van der Waals surface area contributed by atoms with Gasteiger partial charge in [0.2, 0.25) is 11.7 Å². The molecule has 0 aliphatic carbocycles. The summed E-state index contributed by atoms with van der Waals surface area (Å²) < 4.78 is 15.0. The molecule has 3 rings (SSSR count). The van der Waals surface area contributed by atoms with Crippen molar-refractivity contribution in [1.82, 2.24) is 15.3 Å². The zero-order valence-electron chi connectivity index (χ0n) is 9.95. The van der Waals surface area contributed by atoms with Gasteiger partial charge in [-0.2, -0.15) is 10.2 Å². The molecule has 0 bridgehead atoms. The van der Waals surface area contributed by atoms with E-state index < -0.39 is 0 Å². The topological polar surface area (TPSA) is 102 Å². The molecular weight excluding hydrogens is 248 g/mol. The maximum Gasteiger partial charge on any atom is 0.233 e. The SMILES string of the molecule is Cc1onc(Cc2nc(-c3ccoc3)no2)c1C#N. The lowest BCUT2D eigenvalue weighted by Gasteiger charge is -1.88. The standard InChI is InChI=1S/C12H8N4O3/c1-7-9(5-13)10(15-18-7)4-11-14-12(16-19-11)8-2-3-17-6-8/h2-3,6H,4H2,1H3. The first-order valence-electron chi connectivity index (χ1n) is 5.48. The summed E-state index contributed by atoms with van der Waals surface area (Å²) in [6, 6.07) is 3.77. The van der Waals surface area contributed by atoms with Gasteiger partial charge in [-0.1, -0.05) is 10.3 Å². The van der Waals surface area contributed by atoms with Gasteiger partial charge in [0, 0.05) is 0 Å². The van der Waals surface area contributed by atoms with Gasteiger partial charge in [-0.15, -0.1) is 0 Å². The average molecular weight is 256 g/mol. The van der Waals surface area contributed by atoms with E-state index in [2.05, 4.69) is 15.3 Å². The Bertz CT molecular complexity index is 733. The summed E-state index contributed by atoms with van der Waals surface area (Å²) in [4.78, 5) is 4.20. The second-order valence-corrected chi connectivity index (χ2v) is 3.87. The molecule has 3 heterocycles. The lowest BCUT2D eigenvalue weighted by Crippen LogP contribution is -1.92. The summed E-state index contributed by atoms with van der Waals surface area (Å²) in [7, 11) is 0.